The molecular formula is C9H10F2N2O3. The Morgan fingerprint density at radius 3 is 2.81 bits per heavy atom. The zero-order valence-electron chi connectivity index (χ0n) is 8.41. The van der Waals surface area contributed by atoms with Crippen LogP contribution in [0.3, 0.4) is 0 Å². The molecule has 5 nitrogen and oxygen atoms in total. The Balaban J connectivity index is 3.19. The van der Waals surface area contributed by atoms with Crippen molar-refractivity contribution in [2.24, 2.45) is 0 Å². The van der Waals surface area contributed by atoms with Crippen molar-refractivity contribution < 1.29 is 23.4 Å². The second-order valence-corrected chi connectivity index (χ2v) is 2.85. The van der Waals surface area contributed by atoms with Gasteiger partial charge in [0, 0.05) is 6.07 Å². The van der Waals surface area contributed by atoms with Crippen LogP contribution < -0.4 is 5.73 Å². The molecular weight excluding hydrogens is 222 g/mol. The number of carbonyl (C=O) groups excluding carboxylic acids is 1. The number of rotatable bonds is 3. The fourth-order valence-electron chi connectivity index (χ4n) is 1.06. The van der Waals surface area contributed by atoms with Gasteiger partial charge in [0.15, 0.2) is 11.4 Å². The minimum Gasteiger partial charge on any atom is -0.505 e. The SMILES string of the molecule is CCOC(=O)c1nc(C(F)F)c(N)cc1O. The lowest BCUT2D eigenvalue weighted by Gasteiger charge is -2.08. The van der Waals surface area contributed by atoms with Gasteiger partial charge in [-0.1, -0.05) is 0 Å². The first-order valence-corrected chi connectivity index (χ1v) is 4.42. The van der Waals surface area contributed by atoms with Gasteiger partial charge in [-0.05, 0) is 6.92 Å². The summed E-state index contributed by atoms with van der Waals surface area (Å²) >= 11 is 0. The fourth-order valence-corrected chi connectivity index (χ4v) is 1.06. The molecule has 0 bridgehead atoms. The summed E-state index contributed by atoms with van der Waals surface area (Å²) in [7, 11) is 0. The summed E-state index contributed by atoms with van der Waals surface area (Å²) in [6.07, 6.45) is -2.92. The summed E-state index contributed by atoms with van der Waals surface area (Å²) in [5.74, 6) is -1.55. The van der Waals surface area contributed by atoms with Gasteiger partial charge in [0.05, 0.1) is 12.3 Å². The maximum Gasteiger partial charge on any atom is 0.360 e. The van der Waals surface area contributed by atoms with Gasteiger partial charge in [-0.25, -0.2) is 18.6 Å². The van der Waals surface area contributed by atoms with Gasteiger partial charge in [-0.3, -0.25) is 0 Å². The molecule has 0 saturated heterocycles. The second-order valence-electron chi connectivity index (χ2n) is 2.85. The summed E-state index contributed by atoms with van der Waals surface area (Å²) in [5.41, 5.74) is 3.52. The molecule has 0 radical (unpaired) electrons. The minimum absolute atomic E-state index is 0.0499. The molecule has 0 spiro atoms. The molecule has 0 saturated carbocycles. The number of pyridine rings is 1. The number of hydrogen-bond donors (Lipinski definition) is 2. The highest BCUT2D eigenvalue weighted by Gasteiger charge is 2.21. The molecule has 88 valence electrons. The Kier molecular flexibility index (Phi) is 3.60. The third-order valence-corrected chi connectivity index (χ3v) is 1.74. The van der Waals surface area contributed by atoms with E-state index in [0.29, 0.717) is 0 Å². The van der Waals surface area contributed by atoms with Crippen LogP contribution in [0, 0.1) is 0 Å². The lowest BCUT2D eigenvalue weighted by atomic mass is 10.2. The van der Waals surface area contributed by atoms with Crippen molar-refractivity contribution in [2.45, 2.75) is 13.3 Å². The van der Waals surface area contributed by atoms with E-state index in [1.165, 1.54) is 0 Å². The fraction of sp³-hybridized carbons (Fsp3) is 0.333. The first kappa shape index (κ1) is 12.2. The Labute approximate surface area is 89.9 Å². The smallest absolute Gasteiger partial charge is 0.360 e. The standard InChI is InChI=1S/C9H10F2N2O3/c1-2-16-9(15)7-5(14)3-4(12)6(13-7)8(10)11/h3,8,14H,2,12H2,1H3. The number of nitrogens with zero attached hydrogens (tertiary/aromatic N) is 1. The van der Waals surface area contributed by atoms with E-state index in [4.69, 9.17) is 5.73 Å². The van der Waals surface area contributed by atoms with E-state index in [2.05, 4.69) is 9.72 Å². The number of hydrogen-bond acceptors (Lipinski definition) is 5. The van der Waals surface area contributed by atoms with Crippen LogP contribution in [0.25, 0.3) is 0 Å². The molecule has 1 aromatic rings. The van der Waals surface area contributed by atoms with E-state index >= 15 is 0 Å². The molecule has 0 aliphatic rings. The summed E-state index contributed by atoms with van der Waals surface area (Å²) < 4.78 is 29.4. The monoisotopic (exact) mass is 232 g/mol. The van der Waals surface area contributed by atoms with E-state index in [0.717, 1.165) is 6.07 Å². The Hall–Kier alpha value is -1.92. The topological polar surface area (TPSA) is 85.4 Å². The third kappa shape index (κ3) is 2.36. The third-order valence-electron chi connectivity index (χ3n) is 1.74. The quantitative estimate of drug-likeness (QED) is 0.771. The molecule has 16 heavy (non-hydrogen) atoms. The van der Waals surface area contributed by atoms with E-state index in [9.17, 15) is 18.7 Å². The van der Waals surface area contributed by atoms with Crippen molar-refractivity contribution >= 4 is 11.7 Å². The first-order chi connectivity index (χ1) is 7.47. The van der Waals surface area contributed by atoms with Crippen molar-refractivity contribution in [3.63, 3.8) is 0 Å². The number of carbonyl (C=O) groups is 1. The van der Waals surface area contributed by atoms with E-state index in [1.54, 1.807) is 6.92 Å². The number of aromatic hydroxyl groups is 1. The average Bonchev–Trinajstić information content (AvgIpc) is 2.17. The van der Waals surface area contributed by atoms with Crippen LogP contribution in [0.15, 0.2) is 6.07 Å². The highest BCUT2D eigenvalue weighted by atomic mass is 19.3. The van der Waals surface area contributed by atoms with Gasteiger partial charge in [0.25, 0.3) is 6.43 Å². The van der Waals surface area contributed by atoms with Crippen LogP contribution in [-0.4, -0.2) is 22.7 Å². The van der Waals surface area contributed by atoms with E-state index in [-0.39, 0.29) is 12.3 Å². The summed E-state index contributed by atoms with van der Waals surface area (Å²) in [5, 5.41) is 9.31. The number of aromatic nitrogens is 1. The van der Waals surface area contributed by atoms with Crippen LogP contribution in [-0.2, 0) is 4.74 Å². The number of halogens is 2. The van der Waals surface area contributed by atoms with Gasteiger partial charge in [0.2, 0.25) is 0 Å². The van der Waals surface area contributed by atoms with Crippen LogP contribution >= 0.6 is 0 Å². The maximum absolute atomic E-state index is 12.4. The molecule has 0 aromatic carbocycles. The van der Waals surface area contributed by atoms with Gasteiger partial charge in [-0.2, -0.15) is 0 Å². The molecule has 3 N–H and O–H groups in total. The zero-order valence-corrected chi connectivity index (χ0v) is 8.41. The molecule has 1 aromatic heterocycles. The molecule has 0 unspecified atom stereocenters. The maximum atomic E-state index is 12.4. The van der Waals surface area contributed by atoms with Gasteiger partial charge < -0.3 is 15.6 Å². The minimum atomic E-state index is -2.92. The van der Waals surface area contributed by atoms with Crippen LogP contribution in [0.4, 0.5) is 14.5 Å². The van der Waals surface area contributed by atoms with E-state index < -0.39 is 29.5 Å². The molecule has 0 amide bonds. The molecule has 7 heteroatoms. The number of nitrogen functional groups attached to an aromatic ring is 1. The van der Waals surface area contributed by atoms with Crippen molar-refractivity contribution in [2.75, 3.05) is 12.3 Å². The zero-order chi connectivity index (χ0) is 12.3. The summed E-state index contributed by atoms with van der Waals surface area (Å²) in [6.45, 7) is 1.59. The summed E-state index contributed by atoms with van der Waals surface area (Å²) in [4.78, 5) is 14.5. The molecule has 0 atom stereocenters. The molecule has 0 fully saturated rings. The van der Waals surface area contributed by atoms with Crippen LogP contribution in [0.1, 0.15) is 29.5 Å². The van der Waals surface area contributed by atoms with Gasteiger partial charge >= 0.3 is 5.97 Å². The average molecular weight is 232 g/mol. The highest BCUT2D eigenvalue weighted by molar-refractivity contribution is 5.90. The van der Waals surface area contributed by atoms with Crippen LogP contribution in [0.2, 0.25) is 0 Å². The molecule has 0 aliphatic heterocycles. The predicted molar refractivity (Wildman–Crippen MR) is 51.2 cm³/mol. The lowest BCUT2D eigenvalue weighted by molar-refractivity contribution is 0.0514. The van der Waals surface area contributed by atoms with Crippen LogP contribution in [0.5, 0.6) is 5.75 Å². The lowest BCUT2D eigenvalue weighted by Crippen LogP contribution is -2.10. The Morgan fingerprint density at radius 1 is 1.69 bits per heavy atom. The van der Waals surface area contributed by atoms with Gasteiger partial charge in [-0.15, -0.1) is 0 Å². The van der Waals surface area contributed by atoms with E-state index in [1.807, 2.05) is 0 Å². The van der Waals surface area contributed by atoms with Crippen molar-refractivity contribution in [1.29, 1.82) is 0 Å². The largest absolute Gasteiger partial charge is 0.505 e. The number of esters is 1. The number of anilines is 1. The first-order valence-electron chi connectivity index (χ1n) is 4.42. The normalized spacial score (nSPS) is 10.5. The van der Waals surface area contributed by atoms with Crippen molar-refractivity contribution in [3.05, 3.63) is 17.5 Å². The number of alkyl halides is 2. The summed E-state index contributed by atoms with van der Waals surface area (Å²) in [6, 6.07) is 0.848. The number of nitrogens with two attached hydrogens (primary N) is 1. The predicted octanol–water partition coefficient (Wildman–Crippen LogP) is 1.48. The molecule has 0 aliphatic carbocycles. The second kappa shape index (κ2) is 4.73. The van der Waals surface area contributed by atoms with Gasteiger partial charge in [0.1, 0.15) is 5.69 Å². The molecule has 1 rings (SSSR count). The molecule has 1 heterocycles. The number of ether oxygens (including phenoxy) is 1. The van der Waals surface area contributed by atoms with Crippen molar-refractivity contribution in [3.8, 4) is 5.75 Å². The Bertz CT molecular complexity index is 410. The Morgan fingerprint density at radius 2 is 2.31 bits per heavy atom. The highest BCUT2D eigenvalue weighted by Crippen LogP contribution is 2.28. The van der Waals surface area contributed by atoms with Crippen molar-refractivity contribution in [1.82, 2.24) is 4.98 Å².